The van der Waals surface area contributed by atoms with Crippen LogP contribution in [-0.4, -0.2) is 68.5 Å². The van der Waals surface area contributed by atoms with E-state index in [0.29, 0.717) is 17.4 Å². The SMILES string of the molecule is CCCCCCCCC/C=C\CCCCCCCCCC(=O)NC(COP(=O)([O-])OCC[N+](C)(C)C)C(O)/C=C/CC/C=C/CC/C=C/CCCCCCCCCCCCCCCCCCCCCCC. The summed E-state index contributed by atoms with van der Waals surface area (Å²) in [5, 5.41) is 13.9. The van der Waals surface area contributed by atoms with Crippen molar-refractivity contribution in [2.75, 3.05) is 40.9 Å². The van der Waals surface area contributed by atoms with E-state index in [4.69, 9.17) is 9.05 Å². The second kappa shape index (κ2) is 53.3. The van der Waals surface area contributed by atoms with Crippen LogP contribution in [0.5, 0.6) is 0 Å². The number of likely N-dealkylation sites (N-methyl/N-ethyl adjacent to an activating group) is 1. The number of carbonyl (C=O) groups is 1. The molecule has 2 N–H and O–H groups in total. The first kappa shape index (κ1) is 69.5. The van der Waals surface area contributed by atoms with Gasteiger partial charge in [-0.1, -0.05) is 262 Å². The molecule has 0 saturated heterocycles. The van der Waals surface area contributed by atoms with Crippen molar-refractivity contribution in [1.82, 2.24) is 5.32 Å². The van der Waals surface area contributed by atoms with Gasteiger partial charge in [-0.15, -0.1) is 0 Å². The van der Waals surface area contributed by atoms with Crippen molar-refractivity contribution in [1.29, 1.82) is 0 Å². The molecule has 1 amide bonds. The Morgan fingerprint density at radius 2 is 0.789 bits per heavy atom. The molecular formula is C62H119N2O6P. The zero-order chi connectivity index (χ0) is 52.0. The number of hydrogen-bond donors (Lipinski definition) is 2. The van der Waals surface area contributed by atoms with Gasteiger partial charge < -0.3 is 28.8 Å². The van der Waals surface area contributed by atoms with E-state index in [1.165, 1.54) is 225 Å². The summed E-state index contributed by atoms with van der Waals surface area (Å²) in [6.45, 7) is 4.64. The highest BCUT2D eigenvalue weighted by molar-refractivity contribution is 7.45. The van der Waals surface area contributed by atoms with Crippen molar-refractivity contribution in [3.63, 3.8) is 0 Å². The normalized spacial score (nSPS) is 14.2. The van der Waals surface area contributed by atoms with Gasteiger partial charge in [-0.3, -0.25) is 9.36 Å². The van der Waals surface area contributed by atoms with Crippen LogP contribution in [0.2, 0.25) is 0 Å². The average Bonchev–Trinajstić information content (AvgIpc) is 3.33. The molecule has 0 rings (SSSR count). The lowest BCUT2D eigenvalue weighted by Gasteiger charge is -2.29. The van der Waals surface area contributed by atoms with Crippen molar-refractivity contribution in [3.8, 4) is 0 Å². The monoisotopic (exact) mass is 1020 g/mol. The number of aliphatic hydroxyl groups excluding tert-OH is 1. The summed E-state index contributed by atoms with van der Waals surface area (Å²) in [5.41, 5.74) is 0. The molecule has 9 heteroatoms. The number of nitrogens with zero attached hydrogens (tertiary/aromatic N) is 1. The summed E-state index contributed by atoms with van der Waals surface area (Å²) in [6.07, 6.45) is 70.7. The van der Waals surface area contributed by atoms with Gasteiger partial charge in [0.05, 0.1) is 39.9 Å². The van der Waals surface area contributed by atoms with E-state index in [1.54, 1.807) is 6.08 Å². The first-order valence-electron chi connectivity index (χ1n) is 30.5. The number of phosphoric ester groups is 1. The minimum Gasteiger partial charge on any atom is -0.756 e. The molecule has 0 fully saturated rings. The Morgan fingerprint density at radius 3 is 1.14 bits per heavy atom. The minimum atomic E-state index is -4.61. The molecular weight excluding hydrogens is 900 g/mol. The Hall–Kier alpha value is -1.54. The molecule has 0 radical (unpaired) electrons. The van der Waals surface area contributed by atoms with Crippen molar-refractivity contribution < 1.29 is 32.9 Å². The number of nitrogens with one attached hydrogen (secondary N) is 1. The first-order valence-corrected chi connectivity index (χ1v) is 32.0. The average molecular weight is 1020 g/mol. The third-order valence-electron chi connectivity index (χ3n) is 13.7. The molecule has 0 spiro atoms. The lowest BCUT2D eigenvalue weighted by Crippen LogP contribution is -2.45. The van der Waals surface area contributed by atoms with E-state index >= 15 is 0 Å². The second-order valence-electron chi connectivity index (χ2n) is 22.0. The highest BCUT2D eigenvalue weighted by Gasteiger charge is 2.23. The number of rotatable bonds is 56. The topological polar surface area (TPSA) is 108 Å². The number of allylic oxidation sites excluding steroid dienone is 7. The number of quaternary nitrogens is 1. The molecule has 3 atom stereocenters. The Labute approximate surface area is 441 Å². The van der Waals surface area contributed by atoms with Crippen LogP contribution in [0, 0.1) is 0 Å². The number of carbonyl (C=O) groups excluding carboxylic acids is 1. The van der Waals surface area contributed by atoms with Crippen molar-refractivity contribution in [2.24, 2.45) is 0 Å². The van der Waals surface area contributed by atoms with E-state index in [-0.39, 0.29) is 12.5 Å². The van der Waals surface area contributed by atoms with Crippen LogP contribution < -0.4 is 10.2 Å². The molecule has 3 unspecified atom stereocenters. The number of aliphatic hydroxyl groups is 1. The number of amides is 1. The van der Waals surface area contributed by atoms with Gasteiger partial charge in [0.2, 0.25) is 5.91 Å². The van der Waals surface area contributed by atoms with Crippen molar-refractivity contribution in [3.05, 3.63) is 48.6 Å². The smallest absolute Gasteiger partial charge is 0.268 e. The molecule has 0 aliphatic heterocycles. The molecule has 418 valence electrons. The molecule has 71 heavy (non-hydrogen) atoms. The van der Waals surface area contributed by atoms with Gasteiger partial charge in [-0.2, -0.15) is 0 Å². The Morgan fingerprint density at radius 1 is 0.479 bits per heavy atom. The molecule has 0 aromatic rings. The van der Waals surface area contributed by atoms with Gasteiger partial charge in [0.15, 0.2) is 0 Å². The van der Waals surface area contributed by atoms with Crippen molar-refractivity contribution >= 4 is 13.7 Å². The maximum absolute atomic E-state index is 12.9. The molecule has 0 saturated carbocycles. The van der Waals surface area contributed by atoms with Gasteiger partial charge in [0.1, 0.15) is 13.2 Å². The fourth-order valence-corrected chi connectivity index (χ4v) is 9.67. The van der Waals surface area contributed by atoms with Crippen LogP contribution >= 0.6 is 7.82 Å². The zero-order valence-electron chi connectivity index (χ0n) is 47.7. The van der Waals surface area contributed by atoms with Crippen molar-refractivity contribution in [2.45, 2.75) is 302 Å². The Bertz CT molecular complexity index is 1290. The molecule has 0 bridgehead atoms. The maximum Gasteiger partial charge on any atom is 0.268 e. The van der Waals surface area contributed by atoms with Gasteiger partial charge in [0.25, 0.3) is 7.82 Å². The summed E-state index contributed by atoms with van der Waals surface area (Å²) in [6, 6.07) is -0.913. The predicted molar refractivity (Wildman–Crippen MR) is 307 cm³/mol. The summed E-state index contributed by atoms with van der Waals surface area (Å²) in [5.74, 6) is -0.214. The van der Waals surface area contributed by atoms with E-state index < -0.39 is 26.6 Å². The minimum absolute atomic E-state index is 0.0103. The Balaban J connectivity index is 4.20. The summed E-state index contributed by atoms with van der Waals surface area (Å²) in [4.78, 5) is 25.5. The van der Waals surface area contributed by atoms with Gasteiger partial charge in [0, 0.05) is 6.42 Å². The van der Waals surface area contributed by atoms with Crippen LogP contribution in [0.15, 0.2) is 48.6 Å². The van der Waals surface area contributed by atoms with E-state index in [2.05, 4.69) is 55.6 Å². The second-order valence-corrected chi connectivity index (χ2v) is 23.4. The van der Waals surface area contributed by atoms with Gasteiger partial charge in [-0.25, -0.2) is 0 Å². The van der Waals surface area contributed by atoms with E-state index in [9.17, 15) is 19.4 Å². The first-order chi connectivity index (χ1) is 34.5. The maximum atomic E-state index is 12.9. The standard InChI is InChI=1S/C62H119N2O6P/c1-6-8-10-12-14-16-18-20-22-24-26-27-28-29-30-31-32-33-34-35-36-37-38-39-41-43-45-47-49-51-53-55-61(65)60(59-70-71(67,68)69-58-57-64(3,4)5)63-62(66)56-54-52-50-48-46-44-42-40-25-23-21-19-17-15-13-11-9-7-2/h23,25,38-39,45,47,53,55,60-61,65H,6-22,24,26-37,40-44,46,48-52,54,56-59H2,1-5H3,(H-,63,66,67,68)/b25-23-,39-38+,47-45+,55-53+. The zero-order valence-corrected chi connectivity index (χ0v) is 48.6. The lowest BCUT2D eigenvalue weighted by molar-refractivity contribution is -0.870. The number of unbranched alkanes of at least 4 members (excludes halogenated alkanes) is 37. The van der Waals surface area contributed by atoms with Gasteiger partial charge >= 0.3 is 0 Å². The predicted octanol–water partition coefficient (Wildman–Crippen LogP) is 18.1. The number of phosphoric acid groups is 1. The summed E-state index contributed by atoms with van der Waals surface area (Å²) < 4.78 is 23.3. The third-order valence-corrected chi connectivity index (χ3v) is 14.7. The highest BCUT2D eigenvalue weighted by Crippen LogP contribution is 2.38. The van der Waals surface area contributed by atoms with Crippen LogP contribution in [0.4, 0.5) is 0 Å². The van der Waals surface area contributed by atoms with Gasteiger partial charge in [-0.05, 0) is 70.6 Å². The van der Waals surface area contributed by atoms with E-state index in [1.807, 2.05) is 27.2 Å². The van der Waals surface area contributed by atoms with Crippen LogP contribution in [0.3, 0.4) is 0 Å². The van der Waals surface area contributed by atoms with E-state index in [0.717, 1.165) is 44.9 Å². The Kier molecular flexibility index (Phi) is 52.1. The quantitative estimate of drug-likeness (QED) is 0.0272. The fourth-order valence-electron chi connectivity index (χ4n) is 8.95. The lowest BCUT2D eigenvalue weighted by atomic mass is 10.0. The molecule has 0 heterocycles. The van der Waals surface area contributed by atoms with Crippen LogP contribution in [-0.2, 0) is 18.4 Å². The molecule has 0 aliphatic rings. The third kappa shape index (κ3) is 56.0. The van der Waals surface area contributed by atoms with Crippen LogP contribution in [0.1, 0.15) is 290 Å². The molecule has 0 aromatic carbocycles. The largest absolute Gasteiger partial charge is 0.756 e. The van der Waals surface area contributed by atoms with Crippen LogP contribution in [0.25, 0.3) is 0 Å². The molecule has 0 aromatic heterocycles. The number of hydrogen-bond acceptors (Lipinski definition) is 6. The molecule has 8 nitrogen and oxygen atoms in total. The molecule has 0 aliphatic carbocycles. The highest BCUT2D eigenvalue weighted by atomic mass is 31.2. The summed E-state index contributed by atoms with van der Waals surface area (Å²) >= 11 is 0. The summed E-state index contributed by atoms with van der Waals surface area (Å²) in [7, 11) is 1.24. The fraction of sp³-hybridized carbons (Fsp3) is 0.855.